The molecule has 0 aliphatic carbocycles. The third-order valence-corrected chi connectivity index (χ3v) is 2.70. The van der Waals surface area contributed by atoms with Gasteiger partial charge in [0.2, 0.25) is 5.91 Å². The van der Waals surface area contributed by atoms with Gasteiger partial charge < -0.3 is 20.9 Å². The number of ketones is 1. The number of rotatable bonds is 10. The van der Waals surface area contributed by atoms with Crippen LogP contribution in [0.1, 0.15) is 26.2 Å². The zero-order valence-electron chi connectivity index (χ0n) is 11.3. The third kappa shape index (κ3) is 7.53. The van der Waals surface area contributed by atoms with E-state index in [-0.39, 0.29) is 18.3 Å². The van der Waals surface area contributed by atoms with Gasteiger partial charge >= 0.3 is 5.97 Å². The van der Waals surface area contributed by atoms with Gasteiger partial charge in [-0.05, 0) is 26.2 Å². The number of nitrogens with two attached hydrogens (primary N) is 1. The van der Waals surface area contributed by atoms with Crippen molar-refractivity contribution in [2.24, 2.45) is 11.7 Å². The molecule has 7 nitrogen and oxygen atoms in total. The summed E-state index contributed by atoms with van der Waals surface area (Å²) in [5, 5.41) is 11.2. The molecule has 0 bridgehead atoms. The van der Waals surface area contributed by atoms with Crippen LogP contribution in [0.5, 0.6) is 0 Å². The summed E-state index contributed by atoms with van der Waals surface area (Å²) < 4.78 is 4.81. The van der Waals surface area contributed by atoms with E-state index in [0.717, 1.165) is 0 Å². The van der Waals surface area contributed by atoms with Crippen LogP contribution in [0.15, 0.2) is 0 Å². The van der Waals surface area contributed by atoms with Crippen LogP contribution in [-0.4, -0.2) is 49.1 Å². The van der Waals surface area contributed by atoms with Crippen molar-refractivity contribution in [2.75, 3.05) is 20.3 Å². The molecule has 2 unspecified atom stereocenters. The number of hydrogen-bond donors (Lipinski definition) is 3. The number of carboxylic acid groups (broad SMARTS) is 1. The van der Waals surface area contributed by atoms with Crippen LogP contribution < -0.4 is 11.1 Å². The second kappa shape index (κ2) is 9.46. The first-order valence-corrected chi connectivity index (χ1v) is 6.15. The lowest BCUT2D eigenvalue weighted by molar-refractivity contribution is -0.139. The van der Waals surface area contributed by atoms with Crippen molar-refractivity contribution >= 4 is 17.7 Å². The lowest BCUT2D eigenvalue weighted by Gasteiger charge is -2.13. The average Bonchev–Trinajstić information content (AvgIpc) is 2.34. The van der Waals surface area contributed by atoms with E-state index in [1.165, 1.54) is 14.0 Å². The highest BCUT2D eigenvalue weighted by atomic mass is 16.5. The number of amides is 1. The molecule has 110 valence electrons. The summed E-state index contributed by atoms with van der Waals surface area (Å²) >= 11 is 0. The summed E-state index contributed by atoms with van der Waals surface area (Å²) in [4.78, 5) is 33.3. The van der Waals surface area contributed by atoms with E-state index >= 15 is 0 Å². The van der Waals surface area contributed by atoms with Crippen molar-refractivity contribution in [1.82, 2.24) is 5.32 Å². The van der Waals surface area contributed by atoms with E-state index in [2.05, 4.69) is 5.32 Å². The van der Waals surface area contributed by atoms with Gasteiger partial charge in [-0.2, -0.15) is 0 Å². The first kappa shape index (κ1) is 17.5. The summed E-state index contributed by atoms with van der Waals surface area (Å²) in [7, 11) is 1.43. The Balaban J connectivity index is 3.84. The van der Waals surface area contributed by atoms with Gasteiger partial charge in [0.05, 0.1) is 6.61 Å². The summed E-state index contributed by atoms with van der Waals surface area (Å²) in [6.45, 7) is 1.79. The number of methoxy groups -OCH3 is 1. The van der Waals surface area contributed by atoms with Gasteiger partial charge in [-0.1, -0.05) is 0 Å². The second-order valence-electron chi connectivity index (χ2n) is 4.35. The Morgan fingerprint density at radius 3 is 2.42 bits per heavy atom. The van der Waals surface area contributed by atoms with E-state index in [9.17, 15) is 14.4 Å². The number of carboxylic acids is 1. The van der Waals surface area contributed by atoms with Crippen molar-refractivity contribution in [3.05, 3.63) is 0 Å². The highest BCUT2D eigenvalue weighted by Crippen LogP contribution is 2.01. The molecule has 0 rings (SSSR count). The summed E-state index contributed by atoms with van der Waals surface area (Å²) in [5.74, 6) is -2.42. The van der Waals surface area contributed by atoms with Gasteiger partial charge in [-0.25, -0.2) is 0 Å². The number of nitrogens with one attached hydrogen (secondary N) is 1. The average molecular weight is 274 g/mol. The molecule has 0 aliphatic heterocycles. The molecule has 0 aliphatic rings. The fourth-order valence-corrected chi connectivity index (χ4v) is 1.49. The maximum atomic E-state index is 11.6. The Morgan fingerprint density at radius 1 is 1.32 bits per heavy atom. The van der Waals surface area contributed by atoms with Crippen LogP contribution in [0.25, 0.3) is 0 Å². The van der Waals surface area contributed by atoms with Crippen LogP contribution in [0, 0.1) is 5.92 Å². The van der Waals surface area contributed by atoms with Crippen molar-refractivity contribution in [1.29, 1.82) is 0 Å². The molecule has 0 saturated carbocycles. The van der Waals surface area contributed by atoms with Gasteiger partial charge in [-0.15, -0.1) is 0 Å². The van der Waals surface area contributed by atoms with Crippen molar-refractivity contribution in [3.8, 4) is 0 Å². The molecule has 7 heteroatoms. The minimum Gasteiger partial charge on any atom is -0.480 e. The van der Waals surface area contributed by atoms with Crippen molar-refractivity contribution in [2.45, 2.75) is 32.2 Å². The highest BCUT2D eigenvalue weighted by molar-refractivity contribution is 6.00. The Morgan fingerprint density at radius 2 is 1.95 bits per heavy atom. The minimum atomic E-state index is -1.03. The molecule has 4 N–H and O–H groups in total. The van der Waals surface area contributed by atoms with E-state index < -0.39 is 17.9 Å². The van der Waals surface area contributed by atoms with Crippen molar-refractivity contribution < 1.29 is 24.2 Å². The van der Waals surface area contributed by atoms with Gasteiger partial charge in [0.15, 0.2) is 0 Å². The number of aliphatic carboxylic acids is 1. The number of carbonyl (C=O) groups excluding carboxylic acids is 2. The Labute approximate surface area is 112 Å². The maximum Gasteiger partial charge on any atom is 0.320 e. The predicted molar refractivity (Wildman–Crippen MR) is 68.5 cm³/mol. The van der Waals surface area contributed by atoms with E-state index in [4.69, 9.17) is 15.6 Å². The number of ether oxygens (including phenoxy) is 1. The molecule has 1 amide bonds. The zero-order chi connectivity index (χ0) is 14.8. The molecular formula is C12H22N2O5. The second-order valence-corrected chi connectivity index (χ2v) is 4.35. The Kier molecular flexibility index (Phi) is 8.73. The van der Waals surface area contributed by atoms with E-state index in [1.54, 1.807) is 0 Å². The quantitative estimate of drug-likeness (QED) is 0.366. The Hall–Kier alpha value is -1.47. The van der Waals surface area contributed by atoms with Crippen LogP contribution in [0.2, 0.25) is 0 Å². The maximum absolute atomic E-state index is 11.6. The fourth-order valence-electron chi connectivity index (χ4n) is 1.49. The Bertz CT molecular complexity index is 319. The molecule has 0 fully saturated rings. The summed E-state index contributed by atoms with van der Waals surface area (Å²) in [5.41, 5.74) is 5.34. The van der Waals surface area contributed by atoms with Crippen LogP contribution >= 0.6 is 0 Å². The monoisotopic (exact) mass is 274 g/mol. The highest BCUT2D eigenvalue weighted by Gasteiger charge is 2.22. The largest absolute Gasteiger partial charge is 0.480 e. The van der Waals surface area contributed by atoms with Gasteiger partial charge in [0.25, 0.3) is 0 Å². The molecule has 0 spiro atoms. The molecule has 2 atom stereocenters. The molecule has 0 radical (unpaired) electrons. The summed E-state index contributed by atoms with van der Waals surface area (Å²) in [6.07, 6.45) is 1.58. The molecule has 0 saturated heterocycles. The molecule has 0 aromatic carbocycles. The van der Waals surface area contributed by atoms with Gasteiger partial charge in [-0.3, -0.25) is 14.4 Å². The number of hydrogen-bond acceptors (Lipinski definition) is 5. The SMILES string of the molecule is COCC(C(C)=O)C(=O)NCCCCC(N)C(=O)O. The van der Waals surface area contributed by atoms with Crippen LogP contribution in [-0.2, 0) is 19.1 Å². The smallest absolute Gasteiger partial charge is 0.320 e. The van der Waals surface area contributed by atoms with Crippen LogP contribution in [0.3, 0.4) is 0 Å². The van der Waals surface area contributed by atoms with Crippen LogP contribution in [0.4, 0.5) is 0 Å². The minimum absolute atomic E-state index is 0.0606. The zero-order valence-corrected chi connectivity index (χ0v) is 11.3. The van der Waals surface area contributed by atoms with E-state index in [0.29, 0.717) is 25.8 Å². The normalized spacial score (nSPS) is 13.6. The molecule has 0 aromatic rings. The first-order chi connectivity index (χ1) is 8.90. The predicted octanol–water partition coefficient (Wildman–Crippen LogP) is -0.464. The number of unbranched alkanes of at least 4 members (excludes halogenated alkanes) is 1. The lowest BCUT2D eigenvalue weighted by Crippen LogP contribution is -2.37. The molecule has 19 heavy (non-hydrogen) atoms. The lowest BCUT2D eigenvalue weighted by atomic mass is 10.1. The summed E-state index contributed by atoms with van der Waals surface area (Å²) in [6, 6.07) is -0.867. The van der Waals surface area contributed by atoms with Crippen molar-refractivity contribution in [3.63, 3.8) is 0 Å². The fraction of sp³-hybridized carbons (Fsp3) is 0.750. The molecule has 0 heterocycles. The van der Waals surface area contributed by atoms with E-state index in [1.807, 2.05) is 0 Å². The first-order valence-electron chi connectivity index (χ1n) is 6.15. The number of Topliss-reactive ketones (excluding diaryl/α,β-unsaturated/α-hetero) is 1. The van der Waals surface area contributed by atoms with Gasteiger partial charge in [0.1, 0.15) is 17.7 Å². The number of carbonyl (C=O) groups is 3. The van der Waals surface area contributed by atoms with Gasteiger partial charge in [0, 0.05) is 13.7 Å². The molecule has 0 aromatic heterocycles. The standard InChI is InChI=1S/C12H22N2O5/c1-8(15)9(7-19-2)11(16)14-6-4-3-5-10(13)12(17)18/h9-10H,3-7,13H2,1-2H3,(H,14,16)(H,17,18). The molecular weight excluding hydrogens is 252 g/mol. The topological polar surface area (TPSA) is 119 Å². The third-order valence-electron chi connectivity index (χ3n) is 2.70.